The molecule has 3 saturated carbocycles. The van der Waals surface area contributed by atoms with Crippen LogP contribution in [0, 0.1) is 35.5 Å². The first-order valence-corrected chi connectivity index (χ1v) is 34.2. The fourth-order valence-corrected chi connectivity index (χ4v) is 14.9. The molecule has 3 aliphatic carbocycles. The van der Waals surface area contributed by atoms with Crippen molar-refractivity contribution < 1.29 is 65.9 Å². The van der Waals surface area contributed by atoms with E-state index >= 15 is 9.59 Å². The maximum atomic E-state index is 15.1. The zero-order valence-corrected chi connectivity index (χ0v) is 58.1. The van der Waals surface area contributed by atoms with E-state index in [0.717, 1.165) is 41.9 Å². The molecule has 522 valence electrons. The van der Waals surface area contributed by atoms with Crippen LogP contribution < -0.4 is 16.0 Å². The molecule has 11 atom stereocenters. The Kier molecular flexibility index (Phi) is 28.5. The van der Waals surface area contributed by atoms with Crippen molar-refractivity contribution in [3.8, 4) is 0 Å². The minimum atomic E-state index is -4.49. The summed E-state index contributed by atoms with van der Waals surface area (Å²) in [5, 5.41) is 7.56. The Hall–Kier alpha value is -5.75. The lowest BCUT2D eigenvalue weighted by Gasteiger charge is -2.41. The SMILES string of the molecule is CC[C@H](C)[C@@H]1NC(=O)[C@H](CC(C)C)N(C)C(=O)C[C@@H](C)N(C)C(=O)[C@H](C(C)C)N(C)C(=O)C2(CCCC2)NC(=O)[C@@H]2CCCN2C(=O)[C@H](CCC2CCC(C(F)(F)F)C(Cl)C2)NC(=O)CN(C)C(=O)[C@H](CCC2CCCCC2)N(C)C(=O)CN(C)C(=O)CN(C)C1=O. The first-order valence-electron chi connectivity index (χ1n) is 33.8. The van der Waals surface area contributed by atoms with Gasteiger partial charge in [-0.2, -0.15) is 13.2 Å². The molecule has 2 aliphatic heterocycles. The average molecular weight is 1330 g/mol. The fourth-order valence-electron chi connectivity index (χ4n) is 14.4. The molecule has 0 aromatic rings. The van der Waals surface area contributed by atoms with Crippen LogP contribution in [0.5, 0.6) is 0 Å². The third kappa shape index (κ3) is 19.9. The number of alkyl halides is 4. The lowest BCUT2D eigenvalue weighted by Crippen LogP contribution is -2.64. The molecule has 3 unspecified atom stereocenters. The molecule has 92 heavy (non-hydrogen) atoms. The van der Waals surface area contributed by atoms with Gasteiger partial charge in [-0.1, -0.05) is 92.9 Å². The Morgan fingerprint density at radius 1 is 0.587 bits per heavy atom. The molecule has 2 saturated heterocycles. The van der Waals surface area contributed by atoms with Crippen molar-refractivity contribution in [1.82, 2.24) is 55.1 Å². The number of carbonyl (C=O) groups is 11. The monoisotopic (exact) mass is 1320 g/mol. The van der Waals surface area contributed by atoms with E-state index in [1.54, 1.807) is 27.7 Å². The normalized spacial score (nSPS) is 29.6. The van der Waals surface area contributed by atoms with Gasteiger partial charge in [0.25, 0.3) is 0 Å². The van der Waals surface area contributed by atoms with E-state index in [1.807, 2.05) is 20.8 Å². The zero-order chi connectivity index (χ0) is 68.9. The Morgan fingerprint density at radius 3 is 1.77 bits per heavy atom. The number of amides is 11. The van der Waals surface area contributed by atoms with Crippen LogP contribution in [-0.4, -0.2) is 239 Å². The van der Waals surface area contributed by atoms with Gasteiger partial charge in [0.15, 0.2) is 0 Å². The first-order chi connectivity index (χ1) is 43.0. The summed E-state index contributed by atoms with van der Waals surface area (Å²) < 4.78 is 41.8. The van der Waals surface area contributed by atoms with Gasteiger partial charge in [0.1, 0.15) is 41.8 Å². The van der Waals surface area contributed by atoms with Gasteiger partial charge in [-0.05, 0) is 114 Å². The predicted molar refractivity (Wildman–Crippen MR) is 343 cm³/mol. The fraction of sp³-hybridized carbons (Fsp3) is 0.833. The van der Waals surface area contributed by atoms with Crippen LogP contribution in [0.1, 0.15) is 183 Å². The van der Waals surface area contributed by atoms with Crippen LogP contribution in [0.15, 0.2) is 0 Å². The van der Waals surface area contributed by atoms with Crippen molar-refractivity contribution >= 4 is 76.6 Å². The van der Waals surface area contributed by atoms with Gasteiger partial charge in [-0.3, -0.25) is 52.7 Å². The van der Waals surface area contributed by atoms with Crippen LogP contribution in [0.3, 0.4) is 0 Å². The molecule has 2 heterocycles. The smallest absolute Gasteiger partial charge is 0.343 e. The quantitative estimate of drug-likeness (QED) is 0.204. The number of rotatable bonds is 11. The maximum absolute atomic E-state index is 15.1. The molecule has 0 aromatic heterocycles. The highest BCUT2D eigenvalue weighted by atomic mass is 35.5. The van der Waals surface area contributed by atoms with Gasteiger partial charge in [-0.25, -0.2) is 0 Å². The van der Waals surface area contributed by atoms with Crippen LogP contribution in [0.4, 0.5) is 13.2 Å². The van der Waals surface area contributed by atoms with E-state index < -0.39 is 162 Å². The Labute approximate surface area is 549 Å². The van der Waals surface area contributed by atoms with E-state index in [-0.39, 0.29) is 94.9 Å². The minimum Gasteiger partial charge on any atom is -0.343 e. The number of likely N-dealkylation sites (N-methyl/N-ethyl adjacent to an activating group) is 7. The number of hydrogen-bond acceptors (Lipinski definition) is 11. The van der Waals surface area contributed by atoms with E-state index in [4.69, 9.17) is 11.6 Å². The highest BCUT2D eigenvalue weighted by Crippen LogP contribution is 2.44. The highest BCUT2D eigenvalue weighted by Gasteiger charge is 2.51. The molecule has 22 nitrogen and oxygen atoms in total. The maximum Gasteiger partial charge on any atom is 0.393 e. The van der Waals surface area contributed by atoms with Crippen LogP contribution in [0.2, 0.25) is 0 Å². The lowest BCUT2D eigenvalue weighted by molar-refractivity contribution is -0.182. The second-order valence-corrected chi connectivity index (χ2v) is 28.9. The van der Waals surface area contributed by atoms with E-state index in [0.29, 0.717) is 32.1 Å². The summed E-state index contributed by atoms with van der Waals surface area (Å²) in [5.41, 5.74) is -1.48. The second kappa shape index (κ2) is 34.1. The summed E-state index contributed by atoms with van der Waals surface area (Å²) in [6.45, 7) is 11.2. The standard InChI is InChI=1S/C66H109ClF3N11O11/c1-15-42(6)56-62(90)76(10)38-54(84)74(8)39-55(85)78(12)50(30-27-44-22-17-16-18-23-44)61(89)75(9)37-52(82)71-48(29-26-45-25-28-46(47(67)36-45)66(68,69)70)60(88)81-33-21-24-49(81)59(87)73-65(31-19-20-32-65)64(92)80(14)57(41(4)5)63(91)77(11)43(7)35-53(83)79(13)51(34-40(2)3)58(86)72-56/h40-51,56-57H,15-39H2,1-14H3,(H,71,82)(H,72,86)(H,73,87)/t42-,43+,45?,46?,47?,48-,49-,50-,51-,56-,57-/m0/s1. The molecule has 26 heteroatoms. The minimum absolute atomic E-state index is 0.0147. The molecule has 3 N–H and O–H groups in total. The Bertz CT molecular complexity index is 2600. The molecule has 5 aliphatic rings. The molecule has 5 fully saturated rings. The zero-order valence-electron chi connectivity index (χ0n) is 57.3. The van der Waals surface area contributed by atoms with E-state index in [1.165, 1.54) is 78.7 Å². The lowest BCUT2D eigenvalue weighted by atomic mass is 9.78. The van der Waals surface area contributed by atoms with Crippen LogP contribution in [0.25, 0.3) is 0 Å². The molecule has 11 amide bonds. The molecule has 0 aromatic carbocycles. The van der Waals surface area contributed by atoms with Crippen molar-refractivity contribution in [2.75, 3.05) is 75.5 Å². The summed E-state index contributed by atoms with van der Waals surface area (Å²) in [5.74, 6) is -9.22. The van der Waals surface area contributed by atoms with Gasteiger partial charge in [0, 0.05) is 73.7 Å². The second-order valence-electron chi connectivity index (χ2n) is 28.4. The third-order valence-corrected chi connectivity index (χ3v) is 21.1. The van der Waals surface area contributed by atoms with Gasteiger partial charge < -0.3 is 55.1 Å². The number of carbonyl (C=O) groups excluding carboxylic acids is 11. The molecule has 0 radical (unpaired) electrons. The molecular formula is C66H109ClF3N11O11. The van der Waals surface area contributed by atoms with Gasteiger partial charge in [0.05, 0.1) is 25.6 Å². The van der Waals surface area contributed by atoms with E-state index in [2.05, 4.69) is 16.0 Å². The van der Waals surface area contributed by atoms with E-state index in [9.17, 15) is 56.3 Å². The summed E-state index contributed by atoms with van der Waals surface area (Å²) in [6.07, 6.45) is 4.05. The van der Waals surface area contributed by atoms with Crippen molar-refractivity contribution in [3.63, 3.8) is 0 Å². The summed E-state index contributed by atoms with van der Waals surface area (Å²) in [4.78, 5) is 171. The highest BCUT2D eigenvalue weighted by molar-refractivity contribution is 6.20. The number of hydrogen-bond donors (Lipinski definition) is 3. The molecule has 1 spiro atoms. The summed E-state index contributed by atoms with van der Waals surface area (Å²) in [7, 11) is 10.2. The predicted octanol–water partition coefficient (Wildman–Crippen LogP) is 5.96. The van der Waals surface area contributed by atoms with Crippen molar-refractivity contribution in [3.05, 3.63) is 0 Å². The van der Waals surface area contributed by atoms with Crippen molar-refractivity contribution in [1.29, 1.82) is 0 Å². The van der Waals surface area contributed by atoms with Crippen molar-refractivity contribution in [2.45, 2.75) is 243 Å². The first kappa shape index (κ1) is 77.0. The third-order valence-electron chi connectivity index (χ3n) is 20.6. The Morgan fingerprint density at radius 2 is 1.18 bits per heavy atom. The Balaban J connectivity index is 1.54. The molecule has 0 bridgehead atoms. The molecular weight excluding hydrogens is 1220 g/mol. The number of nitrogens with zero attached hydrogens (tertiary/aromatic N) is 8. The number of nitrogens with one attached hydrogen (secondary N) is 3. The summed E-state index contributed by atoms with van der Waals surface area (Å²) >= 11 is 6.37. The van der Waals surface area contributed by atoms with Crippen molar-refractivity contribution in [2.24, 2.45) is 35.5 Å². The topological polar surface area (TPSA) is 250 Å². The average Bonchev–Trinajstić information content (AvgIpc) is 1.50. The van der Waals surface area contributed by atoms with Gasteiger partial charge in [-0.15, -0.1) is 11.6 Å². The van der Waals surface area contributed by atoms with Gasteiger partial charge in [0.2, 0.25) is 65.0 Å². The van der Waals surface area contributed by atoms with Crippen LogP contribution in [-0.2, 0) is 52.7 Å². The summed E-state index contributed by atoms with van der Waals surface area (Å²) in [6, 6.07) is -7.52. The number of fused-ring (bicyclic) bond motifs is 1. The number of halogens is 4. The van der Waals surface area contributed by atoms with Gasteiger partial charge >= 0.3 is 6.18 Å². The molecule has 5 rings (SSSR count). The van der Waals surface area contributed by atoms with Crippen LogP contribution >= 0.6 is 11.6 Å². The largest absolute Gasteiger partial charge is 0.393 e.